The van der Waals surface area contributed by atoms with E-state index in [1.165, 1.54) is 5.56 Å². The van der Waals surface area contributed by atoms with E-state index in [1.807, 2.05) is 43.3 Å². The quantitative estimate of drug-likeness (QED) is 0.649. The molecule has 0 radical (unpaired) electrons. The summed E-state index contributed by atoms with van der Waals surface area (Å²) in [6, 6.07) is 19.3. The van der Waals surface area contributed by atoms with Gasteiger partial charge in [0.15, 0.2) is 0 Å². The zero-order chi connectivity index (χ0) is 18.4. The number of benzene rings is 2. The molecule has 2 aromatic carbocycles. The van der Waals surface area contributed by atoms with Crippen molar-refractivity contribution in [2.75, 3.05) is 17.2 Å². The van der Waals surface area contributed by atoms with Crippen LogP contribution in [0.25, 0.3) is 0 Å². The third kappa shape index (κ3) is 4.83. The second kappa shape index (κ2) is 8.50. The first-order chi connectivity index (χ1) is 12.6. The summed E-state index contributed by atoms with van der Waals surface area (Å²) in [7, 11) is 0. The summed E-state index contributed by atoms with van der Waals surface area (Å²) in [6.45, 7) is 2.72. The lowest BCUT2D eigenvalue weighted by Crippen LogP contribution is -2.14. The van der Waals surface area contributed by atoms with Crippen molar-refractivity contribution in [2.24, 2.45) is 0 Å². The van der Waals surface area contributed by atoms with Gasteiger partial charge in [-0.2, -0.15) is 0 Å². The Labute approximate surface area is 158 Å². The molecule has 0 saturated heterocycles. The third-order valence-electron chi connectivity index (χ3n) is 4.01. The van der Waals surface area contributed by atoms with E-state index in [2.05, 4.69) is 27.8 Å². The van der Waals surface area contributed by atoms with Gasteiger partial charge in [0.1, 0.15) is 5.69 Å². The van der Waals surface area contributed by atoms with Gasteiger partial charge in [-0.25, -0.2) is 4.98 Å². The lowest BCUT2D eigenvalue weighted by Gasteiger charge is -2.08. The predicted molar refractivity (Wildman–Crippen MR) is 107 cm³/mol. The van der Waals surface area contributed by atoms with E-state index in [9.17, 15) is 4.79 Å². The molecule has 1 amide bonds. The zero-order valence-corrected chi connectivity index (χ0v) is 15.3. The number of anilines is 2. The Kier molecular flexibility index (Phi) is 5.87. The number of nitrogens with zero attached hydrogens (tertiary/aromatic N) is 1. The lowest BCUT2D eigenvalue weighted by molar-refractivity contribution is 0.102. The Balaban J connectivity index is 1.54. The maximum absolute atomic E-state index is 12.3. The number of hydrogen-bond acceptors (Lipinski definition) is 3. The highest BCUT2D eigenvalue weighted by Gasteiger charge is 2.08. The Bertz CT molecular complexity index is 880. The second-order valence-electron chi connectivity index (χ2n) is 6.01. The van der Waals surface area contributed by atoms with Crippen molar-refractivity contribution in [3.8, 4) is 0 Å². The first-order valence-electron chi connectivity index (χ1n) is 8.43. The molecule has 3 aromatic rings. The number of nitrogens with one attached hydrogen (secondary N) is 2. The van der Waals surface area contributed by atoms with E-state index in [1.54, 1.807) is 18.3 Å². The van der Waals surface area contributed by atoms with Gasteiger partial charge in [-0.3, -0.25) is 4.79 Å². The van der Waals surface area contributed by atoms with Crippen LogP contribution in [0.15, 0.2) is 66.9 Å². The number of amides is 1. The molecule has 0 aliphatic heterocycles. The standard InChI is InChI=1S/C21H20ClN3O/c1-15-7-8-17(13-19(15)22)25-21(26)20-10-9-18(14-24-20)23-12-11-16-5-3-2-4-6-16/h2-10,13-14,23H,11-12H2,1H3,(H,25,26). The van der Waals surface area contributed by atoms with Gasteiger partial charge in [0.25, 0.3) is 5.91 Å². The molecular weight excluding hydrogens is 346 g/mol. The second-order valence-corrected chi connectivity index (χ2v) is 6.42. The smallest absolute Gasteiger partial charge is 0.274 e. The summed E-state index contributed by atoms with van der Waals surface area (Å²) in [4.78, 5) is 16.5. The largest absolute Gasteiger partial charge is 0.383 e. The van der Waals surface area contributed by atoms with Gasteiger partial charge in [0.2, 0.25) is 0 Å². The van der Waals surface area contributed by atoms with Crippen molar-refractivity contribution >= 4 is 28.9 Å². The van der Waals surface area contributed by atoms with Crippen LogP contribution in [0.2, 0.25) is 5.02 Å². The van der Waals surface area contributed by atoms with Crippen molar-refractivity contribution in [2.45, 2.75) is 13.3 Å². The molecule has 0 aliphatic carbocycles. The zero-order valence-electron chi connectivity index (χ0n) is 14.5. The number of aryl methyl sites for hydroxylation is 1. The van der Waals surface area contributed by atoms with E-state index in [4.69, 9.17) is 11.6 Å². The van der Waals surface area contributed by atoms with Crippen LogP contribution in [0.4, 0.5) is 11.4 Å². The average Bonchev–Trinajstić information content (AvgIpc) is 2.66. The minimum absolute atomic E-state index is 0.263. The number of carbonyl (C=O) groups excluding carboxylic acids is 1. The molecule has 0 atom stereocenters. The number of rotatable bonds is 6. The summed E-state index contributed by atoms with van der Waals surface area (Å²) in [5.41, 5.74) is 4.14. The van der Waals surface area contributed by atoms with Crippen molar-refractivity contribution in [1.82, 2.24) is 4.98 Å². The fraction of sp³-hybridized carbons (Fsp3) is 0.143. The number of hydrogen-bond donors (Lipinski definition) is 2. The normalized spacial score (nSPS) is 10.4. The molecule has 5 heteroatoms. The number of halogens is 1. The van der Waals surface area contributed by atoms with Crippen LogP contribution >= 0.6 is 11.6 Å². The molecule has 0 aliphatic rings. The van der Waals surface area contributed by atoms with Crippen LogP contribution in [0.3, 0.4) is 0 Å². The first kappa shape index (κ1) is 18.0. The minimum Gasteiger partial charge on any atom is -0.383 e. The molecule has 132 valence electrons. The highest BCUT2D eigenvalue weighted by atomic mass is 35.5. The fourth-order valence-corrected chi connectivity index (χ4v) is 2.67. The number of carbonyl (C=O) groups is 1. The molecule has 1 heterocycles. The van der Waals surface area contributed by atoms with E-state index in [-0.39, 0.29) is 5.91 Å². The summed E-state index contributed by atoms with van der Waals surface area (Å²) >= 11 is 6.08. The number of pyridine rings is 1. The van der Waals surface area contributed by atoms with E-state index in [0.29, 0.717) is 16.4 Å². The van der Waals surface area contributed by atoms with Crippen LogP contribution in [0, 0.1) is 6.92 Å². The van der Waals surface area contributed by atoms with E-state index in [0.717, 1.165) is 24.2 Å². The molecule has 26 heavy (non-hydrogen) atoms. The fourth-order valence-electron chi connectivity index (χ4n) is 2.49. The lowest BCUT2D eigenvalue weighted by atomic mass is 10.1. The maximum Gasteiger partial charge on any atom is 0.274 e. The van der Waals surface area contributed by atoms with E-state index < -0.39 is 0 Å². The topological polar surface area (TPSA) is 54.0 Å². The number of aromatic nitrogens is 1. The Hall–Kier alpha value is -2.85. The molecule has 0 saturated carbocycles. The monoisotopic (exact) mass is 365 g/mol. The van der Waals surface area contributed by atoms with Crippen LogP contribution < -0.4 is 10.6 Å². The van der Waals surface area contributed by atoms with Gasteiger partial charge < -0.3 is 10.6 Å². The van der Waals surface area contributed by atoms with Gasteiger partial charge in [-0.15, -0.1) is 0 Å². The molecule has 1 aromatic heterocycles. The third-order valence-corrected chi connectivity index (χ3v) is 4.42. The van der Waals surface area contributed by atoms with Crippen LogP contribution in [0.1, 0.15) is 21.6 Å². The molecule has 3 rings (SSSR count). The molecule has 0 bridgehead atoms. The van der Waals surface area contributed by atoms with Gasteiger partial charge >= 0.3 is 0 Å². The Morgan fingerprint density at radius 1 is 1.04 bits per heavy atom. The average molecular weight is 366 g/mol. The maximum atomic E-state index is 12.3. The summed E-state index contributed by atoms with van der Waals surface area (Å²) in [5, 5.41) is 6.73. The van der Waals surface area contributed by atoms with Crippen LogP contribution in [0.5, 0.6) is 0 Å². The first-order valence-corrected chi connectivity index (χ1v) is 8.81. The predicted octanol–water partition coefficient (Wildman–Crippen LogP) is 4.95. The van der Waals surface area contributed by atoms with Crippen molar-refractivity contribution in [1.29, 1.82) is 0 Å². The van der Waals surface area contributed by atoms with Gasteiger partial charge in [-0.1, -0.05) is 48.0 Å². The summed E-state index contributed by atoms with van der Waals surface area (Å²) in [6.07, 6.45) is 2.60. The van der Waals surface area contributed by atoms with Crippen LogP contribution in [-0.4, -0.2) is 17.4 Å². The van der Waals surface area contributed by atoms with Gasteiger partial charge in [0.05, 0.1) is 11.9 Å². The SMILES string of the molecule is Cc1ccc(NC(=O)c2ccc(NCCc3ccccc3)cn2)cc1Cl. The Morgan fingerprint density at radius 3 is 2.50 bits per heavy atom. The molecule has 0 unspecified atom stereocenters. The summed E-state index contributed by atoms with van der Waals surface area (Å²) in [5.74, 6) is -0.263. The van der Waals surface area contributed by atoms with Crippen molar-refractivity contribution in [3.63, 3.8) is 0 Å². The van der Waals surface area contributed by atoms with E-state index >= 15 is 0 Å². The van der Waals surface area contributed by atoms with Gasteiger partial charge in [-0.05, 0) is 48.7 Å². The molecule has 0 fully saturated rings. The highest BCUT2D eigenvalue weighted by molar-refractivity contribution is 6.31. The van der Waals surface area contributed by atoms with Crippen molar-refractivity contribution in [3.05, 3.63) is 88.7 Å². The summed E-state index contributed by atoms with van der Waals surface area (Å²) < 4.78 is 0. The van der Waals surface area contributed by atoms with Gasteiger partial charge in [0, 0.05) is 17.3 Å². The van der Waals surface area contributed by atoms with Crippen LogP contribution in [-0.2, 0) is 6.42 Å². The Morgan fingerprint density at radius 2 is 1.81 bits per heavy atom. The molecular formula is C21H20ClN3O. The molecule has 4 nitrogen and oxygen atoms in total. The minimum atomic E-state index is -0.263. The molecule has 2 N–H and O–H groups in total. The van der Waals surface area contributed by atoms with Crippen molar-refractivity contribution < 1.29 is 4.79 Å². The highest BCUT2D eigenvalue weighted by Crippen LogP contribution is 2.20. The molecule has 0 spiro atoms.